The quantitative estimate of drug-likeness (QED) is 0.335. The van der Waals surface area contributed by atoms with Gasteiger partial charge in [-0.05, 0) is 59.8 Å². The number of benzene rings is 3. The minimum atomic E-state index is -3.98. The van der Waals surface area contributed by atoms with E-state index in [-0.39, 0.29) is 4.90 Å². The van der Waals surface area contributed by atoms with Crippen LogP contribution in [0.25, 0.3) is 21.9 Å². The molecule has 0 spiro atoms. The number of aryl methyl sites for hydroxylation is 1. The highest BCUT2D eigenvalue weighted by atomic mass is 35.5. The van der Waals surface area contributed by atoms with Gasteiger partial charge in [-0.25, -0.2) is 8.42 Å². The zero-order valence-corrected chi connectivity index (χ0v) is 19.4. The van der Waals surface area contributed by atoms with Crippen LogP contribution in [0.5, 0.6) is 0 Å². The number of aromatic nitrogens is 1. The Morgan fingerprint density at radius 2 is 1.85 bits per heavy atom. The van der Waals surface area contributed by atoms with Crippen LogP contribution in [0, 0.1) is 6.92 Å². The molecule has 0 radical (unpaired) electrons. The first kappa shape index (κ1) is 22.1. The minimum Gasteiger partial charge on any atom is -0.366 e. The summed E-state index contributed by atoms with van der Waals surface area (Å²) in [5.74, 6) is -0.613. The summed E-state index contributed by atoms with van der Waals surface area (Å²) in [5.41, 5.74) is 3.07. The van der Waals surface area contributed by atoms with Gasteiger partial charge >= 0.3 is 0 Å². The predicted octanol–water partition coefficient (Wildman–Crippen LogP) is 4.35. The molecule has 172 valence electrons. The third kappa shape index (κ3) is 4.05. The van der Waals surface area contributed by atoms with Crippen molar-refractivity contribution in [3.63, 3.8) is 0 Å². The van der Waals surface area contributed by atoms with Crippen molar-refractivity contribution in [2.24, 2.45) is 0 Å². The maximum Gasteiger partial charge on any atom is 0.274 e. The number of amides is 1. The number of nitrogens with zero attached hydrogens (tertiary/aromatic N) is 1. The zero-order valence-electron chi connectivity index (χ0n) is 17.8. The number of pyridine rings is 1. The normalized spacial score (nSPS) is 15.4. The molecule has 8 nitrogen and oxygen atoms in total. The zero-order chi connectivity index (χ0) is 24.0. The molecule has 1 aromatic heterocycles. The van der Waals surface area contributed by atoms with Gasteiger partial charge in [0.1, 0.15) is 0 Å². The number of anilines is 3. The molecule has 10 heteroatoms. The summed E-state index contributed by atoms with van der Waals surface area (Å²) in [4.78, 5) is 15.8. The minimum absolute atomic E-state index is 0.00401. The molecule has 4 aromatic rings. The van der Waals surface area contributed by atoms with Gasteiger partial charge in [0.25, 0.3) is 15.9 Å². The van der Waals surface area contributed by atoms with Crippen molar-refractivity contribution in [1.82, 2.24) is 4.98 Å². The molecule has 3 aromatic carbocycles. The van der Waals surface area contributed by atoms with Gasteiger partial charge in [0.05, 0.1) is 27.0 Å². The van der Waals surface area contributed by atoms with Crippen molar-refractivity contribution in [3.05, 3.63) is 77.6 Å². The van der Waals surface area contributed by atoms with E-state index in [1.54, 1.807) is 37.5 Å². The number of carbonyl (C=O) groups excluding carboxylic acids is 1. The molecule has 1 amide bonds. The lowest BCUT2D eigenvalue weighted by Crippen LogP contribution is -2.38. The second kappa shape index (κ2) is 8.28. The number of fused-ring (bicyclic) bond motifs is 2. The molecule has 1 atom stereocenters. The third-order valence-corrected chi connectivity index (χ3v) is 7.41. The summed E-state index contributed by atoms with van der Waals surface area (Å²) in [5, 5.41) is 17.3. The first-order valence-electron chi connectivity index (χ1n) is 10.3. The second-order valence-corrected chi connectivity index (χ2v) is 10.00. The molecule has 1 aliphatic rings. The molecule has 2 heterocycles. The Bertz CT molecular complexity index is 1570. The number of carbonyl (C=O) groups is 1. The molecule has 1 aliphatic heterocycles. The summed E-state index contributed by atoms with van der Waals surface area (Å²) in [6, 6.07) is 15.7. The van der Waals surface area contributed by atoms with E-state index in [4.69, 9.17) is 11.6 Å². The number of aliphatic hydroxyl groups is 1. The van der Waals surface area contributed by atoms with E-state index < -0.39 is 22.2 Å². The Morgan fingerprint density at radius 3 is 2.65 bits per heavy atom. The SMILES string of the molecule is Cc1cc2c(cc1S(=O)(=O)Nc1ccc(-c3ccc4ccncc4c3)c(Cl)c1)NC(O)C(=O)N2. The van der Waals surface area contributed by atoms with E-state index >= 15 is 0 Å². The highest BCUT2D eigenvalue weighted by molar-refractivity contribution is 7.92. The number of hydrogen-bond donors (Lipinski definition) is 4. The standard InChI is InChI=1S/C24H19ClN4O4S/c1-13-8-20-21(28-24(31)23(30)27-20)11-22(13)34(32,33)29-17-4-5-18(19(25)10-17)15-3-2-14-6-7-26-12-16(14)9-15/h2-12,24,28-29,31H,1H3,(H,27,30). The number of nitrogens with one attached hydrogen (secondary N) is 3. The Balaban J connectivity index is 1.44. The average molecular weight is 495 g/mol. The fourth-order valence-electron chi connectivity index (χ4n) is 3.89. The van der Waals surface area contributed by atoms with Crippen molar-refractivity contribution >= 4 is 55.4 Å². The topological polar surface area (TPSA) is 120 Å². The summed E-state index contributed by atoms with van der Waals surface area (Å²) >= 11 is 6.52. The van der Waals surface area contributed by atoms with Crippen LogP contribution in [-0.4, -0.2) is 30.6 Å². The van der Waals surface area contributed by atoms with Gasteiger partial charge in [-0.3, -0.25) is 14.5 Å². The summed E-state index contributed by atoms with van der Waals surface area (Å²) in [6.07, 6.45) is 2.04. The van der Waals surface area contributed by atoms with Crippen LogP contribution in [0.3, 0.4) is 0 Å². The lowest BCUT2D eigenvalue weighted by molar-refractivity contribution is -0.122. The van der Waals surface area contributed by atoms with Gasteiger partial charge in [0.15, 0.2) is 0 Å². The van der Waals surface area contributed by atoms with Crippen LogP contribution < -0.4 is 15.4 Å². The molecule has 1 unspecified atom stereocenters. The van der Waals surface area contributed by atoms with E-state index in [0.29, 0.717) is 27.6 Å². The van der Waals surface area contributed by atoms with Crippen LogP contribution in [0.15, 0.2) is 71.9 Å². The Kier molecular flexibility index (Phi) is 5.40. The fraction of sp³-hybridized carbons (Fsp3) is 0.0833. The van der Waals surface area contributed by atoms with Gasteiger partial charge in [-0.15, -0.1) is 0 Å². The number of rotatable bonds is 4. The van der Waals surface area contributed by atoms with E-state index in [1.807, 2.05) is 24.3 Å². The van der Waals surface area contributed by atoms with Gasteiger partial charge in [-0.2, -0.15) is 0 Å². The van der Waals surface area contributed by atoms with E-state index in [9.17, 15) is 18.3 Å². The summed E-state index contributed by atoms with van der Waals surface area (Å²) < 4.78 is 28.8. The Hall–Kier alpha value is -3.66. The highest BCUT2D eigenvalue weighted by Gasteiger charge is 2.27. The lowest BCUT2D eigenvalue weighted by Gasteiger charge is -2.24. The maximum absolute atomic E-state index is 13.1. The number of hydrogen-bond acceptors (Lipinski definition) is 6. The molecule has 0 fully saturated rings. The van der Waals surface area contributed by atoms with E-state index in [2.05, 4.69) is 20.3 Å². The van der Waals surface area contributed by atoms with Crippen molar-refractivity contribution in [1.29, 1.82) is 0 Å². The van der Waals surface area contributed by atoms with Gasteiger partial charge in [0, 0.05) is 23.3 Å². The van der Waals surface area contributed by atoms with E-state index in [1.165, 1.54) is 12.1 Å². The molecule has 0 saturated heterocycles. The molecule has 34 heavy (non-hydrogen) atoms. The van der Waals surface area contributed by atoms with Gasteiger partial charge in [0.2, 0.25) is 6.23 Å². The molecular weight excluding hydrogens is 476 g/mol. The largest absolute Gasteiger partial charge is 0.366 e. The van der Waals surface area contributed by atoms with Crippen LogP contribution in [0.4, 0.5) is 17.1 Å². The maximum atomic E-state index is 13.1. The molecule has 4 N–H and O–H groups in total. The third-order valence-electron chi connectivity index (χ3n) is 5.58. The van der Waals surface area contributed by atoms with Crippen molar-refractivity contribution in [3.8, 4) is 11.1 Å². The van der Waals surface area contributed by atoms with Gasteiger partial charge < -0.3 is 15.7 Å². The Labute approximate surface area is 200 Å². The average Bonchev–Trinajstić information content (AvgIpc) is 2.79. The summed E-state index contributed by atoms with van der Waals surface area (Å²) in [7, 11) is -3.98. The van der Waals surface area contributed by atoms with Crippen LogP contribution in [0.2, 0.25) is 5.02 Å². The van der Waals surface area contributed by atoms with E-state index in [0.717, 1.165) is 21.9 Å². The molecule has 0 saturated carbocycles. The molecule has 0 bridgehead atoms. The van der Waals surface area contributed by atoms with Crippen molar-refractivity contribution in [2.75, 3.05) is 15.4 Å². The van der Waals surface area contributed by atoms with Gasteiger partial charge in [-0.1, -0.05) is 29.8 Å². The highest BCUT2D eigenvalue weighted by Crippen LogP contribution is 2.35. The molecular formula is C24H19ClN4O4S. The second-order valence-electron chi connectivity index (χ2n) is 7.94. The first-order valence-corrected chi connectivity index (χ1v) is 12.1. The Morgan fingerprint density at radius 1 is 1.03 bits per heavy atom. The smallest absolute Gasteiger partial charge is 0.274 e. The predicted molar refractivity (Wildman–Crippen MR) is 132 cm³/mol. The number of sulfonamides is 1. The monoisotopic (exact) mass is 494 g/mol. The van der Waals surface area contributed by atoms with Crippen molar-refractivity contribution in [2.45, 2.75) is 18.0 Å². The van der Waals surface area contributed by atoms with Crippen LogP contribution in [0.1, 0.15) is 5.56 Å². The first-order chi connectivity index (χ1) is 16.2. The molecule has 0 aliphatic carbocycles. The number of halogens is 1. The lowest BCUT2D eigenvalue weighted by atomic mass is 10.0. The van der Waals surface area contributed by atoms with Crippen molar-refractivity contribution < 1.29 is 18.3 Å². The number of aliphatic hydroxyl groups excluding tert-OH is 1. The molecule has 5 rings (SSSR count). The fourth-order valence-corrected chi connectivity index (χ4v) is 5.48. The summed E-state index contributed by atoms with van der Waals surface area (Å²) in [6.45, 7) is 1.62. The van der Waals surface area contributed by atoms with Crippen LogP contribution >= 0.6 is 11.6 Å². The van der Waals surface area contributed by atoms with Crippen LogP contribution in [-0.2, 0) is 14.8 Å².